The maximum Gasteiger partial charge on any atom is 0.128 e. The van der Waals surface area contributed by atoms with Gasteiger partial charge in [-0.25, -0.2) is 0 Å². The molecule has 1 heterocycles. The standard InChI is InChI=1S/C23H28N2/c1-3-4-10-16-23(18-24)17-15-21-13-8-9-14-22(21)25(23)19(2)20-11-6-5-7-12-20/h5-9,11-14,19H,3-4,10,15-17H2,1-2H3/t19-,23-/m1/s1. The second-order valence-corrected chi connectivity index (χ2v) is 7.19. The van der Waals surface area contributed by atoms with Crippen molar-refractivity contribution in [2.45, 2.75) is 64.0 Å². The number of fused-ring (bicyclic) bond motifs is 1. The van der Waals surface area contributed by atoms with E-state index in [2.05, 4.69) is 79.4 Å². The molecule has 3 rings (SSSR count). The minimum Gasteiger partial charge on any atom is -0.346 e. The van der Waals surface area contributed by atoms with Gasteiger partial charge >= 0.3 is 0 Å². The number of hydrogen-bond acceptors (Lipinski definition) is 2. The molecule has 2 heteroatoms. The van der Waals surface area contributed by atoms with Gasteiger partial charge in [-0.1, -0.05) is 74.7 Å². The first-order valence-electron chi connectivity index (χ1n) is 9.55. The predicted molar refractivity (Wildman–Crippen MR) is 105 cm³/mol. The zero-order chi connectivity index (χ0) is 17.7. The SMILES string of the molecule is CCCCC[C@]1(C#N)CCc2ccccc2N1[C@H](C)c1ccccc1. The summed E-state index contributed by atoms with van der Waals surface area (Å²) in [5.41, 5.74) is 3.47. The van der Waals surface area contributed by atoms with E-state index in [1.165, 1.54) is 29.7 Å². The summed E-state index contributed by atoms with van der Waals surface area (Å²) in [6, 6.07) is 22.1. The largest absolute Gasteiger partial charge is 0.346 e. The van der Waals surface area contributed by atoms with E-state index in [9.17, 15) is 5.26 Å². The lowest BCUT2D eigenvalue weighted by Gasteiger charge is -2.48. The first-order valence-corrected chi connectivity index (χ1v) is 9.55. The summed E-state index contributed by atoms with van der Waals surface area (Å²) >= 11 is 0. The molecular weight excluding hydrogens is 304 g/mol. The van der Waals surface area contributed by atoms with Crippen molar-refractivity contribution in [2.75, 3.05) is 4.90 Å². The van der Waals surface area contributed by atoms with Gasteiger partial charge in [0.05, 0.1) is 12.1 Å². The van der Waals surface area contributed by atoms with Gasteiger partial charge in [0.2, 0.25) is 0 Å². The molecule has 0 saturated heterocycles. The van der Waals surface area contributed by atoms with Gasteiger partial charge < -0.3 is 4.90 Å². The van der Waals surface area contributed by atoms with Gasteiger partial charge in [0, 0.05) is 5.69 Å². The van der Waals surface area contributed by atoms with Gasteiger partial charge in [-0.2, -0.15) is 5.26 Å². The molecule has 130 valence electrons. The zero-order valence-electron chi connectivity index (χ0n) is 15.4. The molecule has 1 aliphatic heterocycles. The predicted octanol–water partition coefficient (Wildman–Crippen LogP) is 6.04. The number of rotatable bonds is 6. The fraction of sp³-hybridized carbons (Fsp3) is 0.435. The van der Waals surface area contributed by atoms with Gasteiger partial charge in [-0.05, 0) is 43.4 Å². The Labute approximate surface area is 152 Å². The molecule has 0 aliphatic carbocycles. The van der Waals surface area contributed by atoms with Crippen LogP contribution in [0.15, 0.2) is 54.6 Å². The Morgan fingerprint density at radius 2 is 1.80 bits per heavy atom. The molecule has 0 spiro atoms. The van der Waals surface area contributed by atoms with Crippen molar-refractivity contribution < 1.29 is 0 Å². The fourth-order valence-corrected chi connectivity index (χ4v) is 4.19. The second kappa shape index (κ2) is 7.74. The van der Waals surface area contributed by atoms with E-state index >= 15 is 0 Å². The van der Waals surface area contributed by atoms with Crippen molar-refractivity contribution in [1.29, 1.82) is 5.26 Å². The zero-order valence-corrected chi connectivity index (χ0v) is 15.4. The molecule has 0 N–H and O–H groups in total. The Kier molecular flexibility index (Phi) is 5.43. The third kappa shape index (κ3) is 3.42. The monoisotopic (exact) mass is 332 g/mol. The number of unbranched alkanes of at least 4 members (excludes halogenated alkanes) is 2. The molecule has 0 bridgehead atoms. The van der Waals surface area contributed by atoms with Crippen molar-refractivity contribution in [3.05, 3.63) is 65.7 Å². The van der Waals surface area contributed by atoms with E-state index in [1.54, 1.807) is 0 Å². The molecule has 0 fully saturated rings. The molecular formula is C23H28N2. The third-order valence-electron chi connectivity index (χ3n) is 5.59. The van der Waals surface area contributed by atoms with Crippen LogP contribution in [0.3, 0.4) is 0 Å². The molecule has 0 aromatic heterocycles. The third-order valence-corrected chi connectivity index (χ3v) is 5.59. The maximum atomic E-state index is 10.2. The minimum absolute atomic E-state index is 0.184. The highest BCUT2D eigenvalue weighted by molar-refractivity contribution is 5.61. The summed E-state index contributed by atoms with van der Waals surface area (Å²) < 4.78 is 0. The number of hydrogen-bond donors (Lipinski definition) is 0. The summed E-state index contributed by atoms with van der Waals surface area (Å²) in [6.07, 6.45) is 6.35. The van der Waals surface area contributed by atoms with E-state index in [0.29, 0.717) is 0 Å². The van der Waals surface area contributed by atoms with Gasteiger partial charge in [-0.15, -0.1) is 0 Å². The molecule has 0 saturated carbocycles. The lowest BCUT2D eigenvalue weighted by atomic mass is 9.79. The number of nitriles is 1. The van der Waals surface area contributed by atoms with E-state index in [4.69, 9.17) is 0 Å². The highest BCUT2D eigenvalue weighted by Gasteiger charge is 2.43. The Morgan fingerprint density at radius 3 is 2.52 bits per heavy atom. The first kappa shape index (κ1) is 17.5. The average molecular weight is 332 g/mol. The highest BCUT2D eigenvalue weighted by Crippen LogP contribution is 2.44. The van der Waals surface area contributed by atoms with Crippen LogP contribution in [0.4, 0.5) is 5.69 Å². The summed E-state index contributed by atoms with van der Waals surface area (Å²) in [5, 5.41) is 10.2. The summed E-state index contributed by atoms with van der Waals surface area (Å²) in [6.45, 7) is 4.46. The van der Waals surface area contributed by atoms with Crippen molar-refractivity contribution >= 4 is 5.69 Å². The number of anilines is 1. The van der Waals surface area contributed by atoms with E-state index in [-0.39, 0.29) is 6.04 Å². The van der Waals surface area contributed by atoms with Crippen LogP contribution in [0.1, 0.15) is 63.1 Å². The number of aryl methyl sites for hydroxylation is 1. The summed E-state index contributed by atoms with van der Waals surface area (Å²) in [4.78, 5) is 2.41. The van der Waals surface area contributed by atoms with E-state index in [0.717, 1.165) is 25.7 Å². The quantitative estimate of drug-likeness (QED) is 0.603. The van der Waals surface area contributed by atoms with Crippen LogP contribution in [0.2, 0.25) is 0 Å². The van der Waals surface area contributed by atoms with Gasteiger partial charge in [0.25, 0.3) is 0 Å². The van der Waals surface area contributed by atoms with Crippen molar-refractivity contribution in [3.63, 3.8) is 0 Å². The van der Waals surface area contributed by atoms with Crippen molar-refractivity contribution in [2.24, 2.45) is 0 Å². The fourth-order valence-electron chi connectivity index (χ4n) is 4.19. The Morgan fingerprint density at radius 1 is 1.08 bits per heavy atom. The van der Waals surface area contributed by atoms with Crippen LogP contribution >= 0.6 is 0 Å². The molecule has 2 aromatic carbocycles. The van der Waals surface area contributed by atoms with Gasteiger partial charge in [-0.3, -0.25) is 0 Å². The molecule has 0 unspecified atom stereocenters. The topological polar surface area (TPSA) is 27.0 Å². The summed E-state index contributed by atoms with van der Waals surface area (Å²) in [5.74, 6) is 0. The second-order valence-electron chi connectivity index (χ2n) is 7.19. The van der Waals surface area contributed by atoms with Crippen LogP contribution in [0, 0.1) is 11.3 Å². The molecule has 2 nitrogen and oxygen atoms in total. The lowest BCUT2D eigenvalue weighted by Crippen LogP contribution is -2.52. The molecule has 2 aromatic rings. The number of para-hydroxylation sites is 1. The minimum atomic E-state index is -0.404. The van der Waals surface area contributed by atoms with Crippen molar-refractivity contribution in [1.82, 2.24) is 0 Å². The molecule has 1 aliphatic rings. The molecule has 2 atom stereocenters. The summed E-state index contributed by atoms with van der Waals surface area (Å²) in [7, 11) is 0. The van der Waals surface area contributed by atoms with Gasteiger partial charge in [0.15, 0.2) is 0 Å². The Balaban J connectivity index is 2.04. The molecule has 0 amide bonds. The van der Waals surface area contributed by atoms with Gasteiger partial charge in [0.1, 0.15) is 5.54 Å². The maximum absolute atomic E-state index is 10.2. The van der Waals surface area contributed by atoms with E-state index < -0.39 is 5.54 Å². The first-order chi connectivity index (χ1) is 12.2. The average Bonchev–Trinajstić information content (AvgIpc) is 2.68. The number of nitrogens with zero attached hydrogens (tertiary/aromatic N) is 2. The highest BCUT2D eigenvalue weighted by atomic mass is 15.2. The number of benzene rings is 2. The Bertz CT molecular complexity index is 731. The lowest BCUT2D eigenvalue weighted by molar-refractivity contribution is 0.362. The van der Waals surface area contributed by atoms with Crippen LogP contribution in [-0.4, -0.2) is 5.54 Å². The van der Waals surface area contributed by atoms with Crippen molar-refractivity contribution in [3.8, 4) is 6.07 Å². The van der Waals surface area contributed by atoms with Crippen LogP contribution in [-0.2, 0) is 6.42 Å². The molecule has 25 heavy (non-hydrogen) atoms. The van der Waals surface area contributed by atoms with E-state index in [1.807, 2.05) is 0 Å². The van der Waals surface area contributed by atoms with Crippen LogP contribution < -0.4 is 4.90 Å². The molecule has 0 radical (unpaired) electrons. The van der Waals surface area contributed by atoms with Crippen LogP contribution in [0.5, 0.6) is 0 Å². The smallest absolute Gasteiger partial charge is 0.128 e. The normalized spacial score (nSPS) is 20.6. The van der Waals surface area contributed by atoms with Crippen LogP contribution in [0.25, 0.3) is 0 Å². The Hall–Kier alpha value is -2.27.